The molecule has 3 rings (SSSR count). The topological polar surface area (TPSA) is 66.4 Å². The molecular formula is C15H16BrNO3. The third kappa shape index (κ3) is 2.59. The van der Waals surface area contributed by atoms with Crippen molar-refractivity contribution in [3.63, 3.8) is 0 Å². The lowest BCUT2D eigenvalue weighted by Crippen LogP contribution is -2.27. The largest absolute Gasteiger partial charge is 0.478 e. The van der Waals surface area contributed by atoms with Crippen molar-refractivity contribution in [1.82, 2.24) is 0 Å². The summed E-state index contributed by atoms with van der Waals surface area (Å²) in [6.45, 7) is 0. The van der Waals surface area contributed by atoms with Crippen LogP contribution in [-0.4, -0.2) is 17.0 Å². The van der Waals surface area contributed by atoms with Gasteiger partial charge in [-0.2, -0.15) is 0 Å². The third-order valence-electron chi connectivity index (χ3n) is 4.49. The molecule has 0 aliphatic heterocycles. The Morgan fingerprint density at radius 1 is 1.20 bits per heavy atom. The SMILES string of the molecule is O=C(O)c1cc(Br)cc(NC(=O)C2CC3CCC2C3)c1. The molecule has 20 heavy (non-hydrogen) atoms. The van der Waals surface area contributed by atoms with Gasteiger partial charge in [-0.05, 0) is 49.3 Å². The number of hydrogen-bond donors (Lipinski definition) is 2. The fourth-order valence-electron chi connectivity index (χ4n) is 3.59. The molecule has 106 valence electrons. The van der Waals surface area contributed by atoms with Gasteiger partial charge < -0.3 is 10.4 Å². The van der Waals surface area contributed by atoms with Crippen LogP contribution in [0.1, 0.15) is 36.0 Å². The maximum atomic E-state index is 12.3. The molecule has 4 nitrogen and oxygen atoms in total. The molecular weight excluding hydrogens is 322 g/mol. The highest BCUT2D eigenvalue weighted by atomic mass is 79.9. The first-order valence-corrected chi connectivity index (χ1v) is 7.67. The summed E-state index contributed by atoms with van der Waals surface area (Å²) < 4.78 is 0.653. The lowest BCUT2D eigenvalue weighted by molar-refractivity contribution is -0.121. The molecule has 2 bridgehead atoms. The molecule has 0 heterocycles. The number of hydrogen-bond acceptors (Lipinski definition) is 2. The van der Waals surface area contributed by atoms with Gasteiger partial charge in [0.05, 0.1) is 5.56 Å². The molecule has 2 aliphatic rings. The van der Waals surface area contributed by atoms with Crippen molar-refractivity contribution in [2.45, 2.75) is 25.7 Å². The highest BCUT2D eigenvalue weighted by molar-refractivity contribution is 9.10. The molecule has 2 fully saturated rings. The van der Waals surface area contributed by atoms with Crippen molar-refractivity contribution in [1.29, 1.82) is 0 Å². The summed E-state index contributed by atoms with van der Waals surface area (Å²) in [5.41, 5.74) is 0.715. The summed E-state index contributed by atoms with van der Waals surface area (Å²) in [6, 6.07) is 4.76. The second-order valence-corrected chi connectivity index (χ2v) is 6.72. The molecule has 3 unspecified atom stereocenters. The molecule has 0 radical (unpaired) electrons. The quantitative estimate of drug-likeness (QED) is 0.886. The van der Waals surface area contributed by atoms with Gasteiger partial charge in [0, 0.05) is 16.1 Å². The molecule has 2 N–H and O–H groups in total. The molecule has 0 aromatic heterocycles. The van der Waals surface area contributed by atoms with Gasteiger partial charge in [0.1, 0.15) is 0 Å². The minimum atomic E-state index is -0.998. The van der Waals surface area contributed by atoms with E-state index >= 15 is 0 Å². The highest BCUT2D eigenvalue weighted by Crippen LogP contribution is 2.48. The average molecular weight is 338 g/mol. The first-order valence-electron chi connectivity index (χ1n) is 6.87. The van der Waals surface area contributed by atoms with Crippen LogP contribution in [0.2, 0.25) is 0 Å². The van der Waals surface area contributed by atoms with E-state index in [2.05, 4.69) is 21.2 Å². The zero-order valence-electron chi connectivity index (χ0n) is 10.9. The number of carbonyl (C=O) groups excluding carboxylic acids is 1. The van der Waals surface area contributed by atoms with Gasteiger partial charge >= 0.3 is 5.97 Å². The molecule has 0 spiro atoms. The monoisotopic (exact) mass is 337 g/mol. The van der Waals surface area contributed by atoms with Gasteiger partial charge in [0.15, 0.2) is 0 Å². The Morgan fingerprint density at radius 3 is 2.60 bits per heavy atom. The number of rotatable bonds is 3. The molecule has 1 aromatic rings. The van der Waals surface area contributed by atoms with Crippen molar-refractivity contribution in [2.24, 2.45) is 17.8 Å². The van der Waals surface area contributed by atoms with Crippen LogP contribution in [0, 0.1) is 17.8 Å². The maximum Gasteiger partial charge on any atom is 0.335 e. The predicted octanol–water partition coefficient (Wildman–Crippen LogP) is 3.52. The Morgan fingerprint density at radius 2 is 2.00 bits per heavy atom. The van der Waals surface area contributed by atoms with Crippen LogP contribution >= 0.6 is 15.9 Å². The standard InChI is InChI=1S/C15H16BrNO3/c16-11-5-10(15(19)20)6-12(7-11)17-14(18)13-4-8-1-2-9(13)3-8/h5-9,13H,1-4H2,(H,17,18)(H,19,20). The fraction of sp³-hybridized carbons (Fsp3) is 0.467. The van der Waals surface area contributed by atoms with Crippen LogP contribution in [0.5, 0.6) is 0 Å². The van der Waals surface area contributed by atoms with Gasteiger partial charge in [-0.25, -0.2) is 4.79 Å². The first-order chi connectivity index (χ1) is 9.52. The van der Waals surface area contributed by atoms with Crippen LogP contribution in [0.15, 0.2) is 22.7 Å². The number of carboxylic acid groups (broad SMARTS) is 1. The third-order valence-corrected chi connectivity index (χ3v) is 4.94. The van der Waals surface area contributed by atoms with E-state index in [0.717, 1.165) is 12.8 Å². The maximum absolute atomic E-state index is 12.3. The fourth-order valence-corrected chi connectivity index (χ4v) is 4.08. The minimum absolute atomic E-state index is 0.0339. The second kappa shape index (κ2) is 5.20. The summed E-state index contributed by atoms with van der Waals surface area (Å²) in [6.07, 6.45) is 4.57. The van der Waals surface area contributed by atoms with Crippen LogP contribution in [-0.2, 0) is 4.79 Å². The van der Waals surface area contributed by atoms with Crippen molar-refractivity contribution in [3.05, 3.63) is 28.2 Å². The Balaban J connectivity index is 1.74. The number of halogens is 1. The predicted molar refractivity (Wildman–Crippen MR) is 78.7 cm³/mol. The zero-order valence-corrected chi connectivity index (χ0v) is 12.5. The highest BCUT2D eigenvalue weighted by Gasteiger charge is 2.43. The van der Waals surface area contributed by atoms with Crippen LogP contribution in [0.25, 0.3) is 0 Å². The van der Waals surface area contributed by atoms with Crippen LogP contribution < -0.4 is 5.32 Å². The Kier molecular flexibility index (Phi) is 3.54. The van der Waals surface area contributed by atoms with Gasteiger partial charge in [0.25, 0.3) is 0 Å². The van der Waals surface area contributed by atoms with Crippen LogP contribution in [0.4, 0.5) is 5.69 Å². The van der Waals surface area contributed by atoms with Crippen molar-refractivity contribution in [2.75, 3.05) is 5.32 Å². The molecule has 0 saturated heterocycles. The summed E-state index contributed by atoms with van der Waals surface area (Å²) in [5, 5.41) is 11.9. The number of carboxylic acids is 1. The van der Waals surface area contributed by atoms with E-state index in [1.165, 1.54) is 25.0 Å². The lowest BCUT2D eigenvalue weighted by Gasteiger charge is -2.21. The average Bonchev–Trinajstić information content (AvgIpc) is 3.00. The smallest absolute Gasteiger partial charge is 0.335 e. The molecule has 5 heteroatoms. The minimum Gasteiger partial charge on any atom is -0.478 e. The Bertz CT molecular complexity index is 572. The molecule has 2 aliphatic carbocycles. The van der Waals surface area contributed by atoms with Gasteiger partial charge in [-0.3, -0.25) is 4.79 Å². The normalized spacial score (nSPS) is 27.6. The summed E-state index contributed by atoms with van der Waals surface area (Å²) in [4.78, 5) is 23.3. The number of anilines is 1. The van der Waals surface area contributed by atoms with E-state index in [1.54, 1.807) is 6.07 Å². The first kappa shape index (κ1) is 13.6. The Labute approximate surface area is 125 Å². The van der Waals surface area contributed by atoms with Gasteiger partial charge in [-0.15, -0.1) is 0 Å². The van der Waals surface area contributed by atoms with E-state index in [0.29, 0.717) is 22.0 Å². The summed E-state index contributed by atoms with van der Waals surface area (Å²) in [5.74, 6) is 0.369. The van der Waals surface area contributed by atoms with E-state index in [1.807, 2.05) is 0 Å². The molecule has 2 saturated carbocycles. The van der Waals surface area contributed by atoms with Gasteiger partial charge in [-0.1, -0.05) is 22.4 Å². The van der Waals surface area contributed by atoms with Gasteiger partial charge in [0.2, 0.25) is 5.91 Å². The van der Waals surface area contributed by atoms with E-state index < -0.39 is 5.97 Å². The molecule has 1 amide bonds. The lowest BCUT2D eigenvalue weighted by atomic mass is 9.88. The Hall–Kier alpha value is -1.36. The zero-order chi connectivity index (χ0) is 14.3. The van der Waals surface area contributed by atoms with E-state index in [-0.39, 0.29) is 17.4 Å². The van der Waals surface area contributed by atoms with Crippen molar-refractivity contribution < 1.29 is 14.7 Å². The number of benzene rings is 1. The van der Waals surface area contributed by atoms with Crippen molar-refractivity contribution in [3.8, 4) is 0 Å². The number of amides is 1. The van der Waals surface area contributed by atoms with E-state index in [9.17, 15) is 9.59 Å². The second-order valence-electron chi connectivity index (χ2n) is 5.80. The number of fused-ring (bicyclic) bond motifs is 2. The number of carbonyl (C=O) groups is 2. The van der Waals surface area contributed by atoms with Crippen molar-refractivity contribution >= 4 is 33.5 Å². The number of nitrogens with one attached hydrogen (secondary N) is 1. The molecule has 1 aromatic carbocycles. The van der Waals surface area contributed by atoms with Crippen LogP contribution in [0.3, 0.4) is 0 Å². The summed E-state index contributed by atoms with van der Waals surface area (Å²) in [7, 11) is 0. The van der Waals surface area contributed by atoms with E-state index in [4.69, 9.17) is 5.11 Å². The molecule has 3 atom stereocenters. The summed E-state index contributed by atoms with van der Waals surface area (Å²) >= 11 is 3.27. The number of aromatic carboxylic acids is 1.